The van der Waals surface area contributed by atoms with E-state index < -0.39 is 32.5 Å². The molecule has 0 radical (unpaired) electrons. The van der Waals surface area contributed by atoms with Gasteiger partial charge >= 0.3 is 19.8 Å². The van der Waals surface area contributed by atoms with Crippen LogP contribution in [-0.2, 0) is 32.7 Å². The van der Waals surface area contributed by atoms with E-state index in [-0.39, 0.29) is 43.8 Å². The molecule has 0 rings (SSSR count). The van der Waals surface area contributed by atoms with Gasteiger partial charge in [-0.25, -0.2) is 4.57 Å². The van der Waals surface area contributed by atoms with Crippen molar-refractivity contribution in [3.8, 4) is 0 Å². The van der Waals surface area contributed by atoms with Crippen LogP contribution in [0.15, 0.2) is 0 Å². The first kappa shape index (κ1) is 34.0. The van der Waals surface area contributed by atoms with E-state index in [1.807, 2.05) is 6.92 Å². The Balaban J connectivity index is 4.63. The summed E-state index contributed by atoms with van der Waals surface area (Å²) in [4.78, 5) is 34.2. The summed E-state index contributed by atoms with van der Waals surface area (Å²) in [6.45, 7) is 3.51. The van der Waals surface area contributed by atoms with Crippen molar-refractivity contribution in [1.29, 1.82) is 0 Å². The fraction of sp³-hybridized carbons (Fsp3) is 0.917. The molecule has 208 valence electrons. The first-order valence-corrected chi connectivity index (χ1v) is 14.4. The number of hydrogen-bond donors (Lipinski definition) is 2. The highest BCUT2D eigenvalue weighted by Crippen LogP contribution is 2.43. The van der Waals surface area contributed by atoms with Gasteiger partial charge in [0.1, 0.15) is 19.8 Å². The van der Waals surface area contributed by atoms with Crippen molar-refractivity contribution in [2.75, 3.05) is 47.2 Å². The number of phosphoric acid groups is 1. The van der Waals surface area contributed by atoms with Crippen LogP contribution in [0.3, 0.4) is 0 Å². The van der Waals surface area contributed by atoms with E-state index in [1.54, 1.807) is 14.1 Å². The first-order valence-electron chi connectivity index (χ1n) is 12.9. The van der Waals surface area contributed by atoms with Crippen molar-refractivity contribution in [3.63, 3.8) is 0 Å². The Bertz CT molecular complexity index is 616. The van der Waals surface area contributed by atoms with Gasteiger partial charge in [0.05, 0.1) is 20.7 Å². The summed E-state index contributed by atoms with van der Waals surface area (Å²) in [7, 11) is -0.942. The van der Waals surface area contributed by atoms with E-state index in [9.17, 15) is 24.2 Å². The second kappa shape index (κ2) is 20.1. The van der Waals surface area contributed by atoms with Crippen LogP contribution in [-0.4, -0.2) is 79.7 Å². The van der Waals surface area contributed by atoms with Gasteiger partial charge in [0.2, 0.25) is 0 Å². The van der Waals surface area contributed by atoms with Crippen molar-refractivity contribution in [1.82, 2.24) is 0 Å². The molecule has 0 amide bonds. The van der Waals surface area contributed by atoms with Gasteiger partial charge in [-0.15, -0.1) is 0 Å². The molecule has 0 saturated carbocycles. The van der Waals surface area contributed by atoms with Gasteiger partial charge in [-0.1, -0.05) is 65.2 Å². The van der Waals surface area contributed by atoms with Crippen molar-refractivity contribution < 1.29 is 47.2 Å². The lowest BCUT2D eigenvalue weighted by Crippen LogP contribution is -2.42. The third-order valence-corrected chi connectivity index (χ3v) is 6.44. The Labute approximate surface area is 211 Å². The fourth-order valence-corrected chi connectivity index (χ4v) is 3.79. The highest BCUT2D eigenvalue weighted by atomic mass is 31.2. The molecule has 0 aliphatic carbocycles. The Morgan fingerprint density at radius 3 is 2.00 bits per heavy atom. The number of unbranched alkanes of at least 4 members (excludes halogenated alkanes) is 8. The van der Waals surface area contributed by atoms with Gasteiger partial charge in [-0.3, -0.25) is 18.6 Å². The van der Waals surface area contributed by atoms with Crippen LogP contribution in [0.1, 0.15) is 90.9 Å². The lowest BCUT2D eigenvalue weighted by molar-refractivity contribution is -0.908. The maximum atomic E-state index is 12.3. The van der Waals surface area contributed by atoms with E-state index in [0.717, 1.165) is 32.1 Å². The molecule has 10 nitrogen and oxygen atoms in total. The molecule has 2 atom stereocenters. The minimum absolute atomic E-state index is 0.115. The molecule has 0 aliphatic rings. The summed E-state index contributed by atoms with van der Waals surface area (Å²) in [6.07, 6.45) is 9.47. The summed E-state index contributed by atoms with van der Waals surface area (Å²) in [5.74, 6) is -0.885. The standard InChI is InChI=1S/C24H48NO9P/c1-5-7-9-10-11-12-14-16-24(28)34-22(19-31-23(27)15-13-8-6-2)20-33-35(29,30)32-18-17-25(3,4)21-26/h22,26H,5-21H2,1-4H3/p+1/t22-/m1/s1. The predicted molar refractivity (Wildman–Crippen MR) is 133 cm³/mol. The summed E-state index contributed by atoms with van der Waals surface area (Å²) < 4.78 is 32.9. The monoisotopic (exact) mass is 526 g/mol. The molecule has 0 aromatic rings. The highest BCUT2D eigenvalue weighted by molar-refractivity contribution is 7.47. The third-order valence-electron chi connectivity index (χ3n) is 5.45. The van der Waals surface area contributed by atoms with E-state index in [4.69, 9.17) is 18.5 Å². The number of likely N-dealkylation sites (N-methyl/N-ethyl adjacent to an activating group) is 1. The van der Waals surface area contributed by atoms with E-state index in [1.165, 1.54) is 19.3 Å². The van der Waals surface area contributed by atoms with Crippen LogP contribution < -0.4 is 0 Å². The molecule has 0 aliphatic heterocycles. The number of aliphatic hydroxyl groups excluding tert-OH is 1. The topological polar surface area (TPSA) is 129 Å². The van der Waals surface area contributed by atoms with Gasteiger partial charge in [-0.05, 0) is 12.8 Å². The smallest absolute Gasteiger partial charge is 0.462 e. The lowest BCUT2D eigenvalue weighted by atomic mass is 10.1. The number of hydrogen-bond acceptors (Lipinski definition) is 8. The molecule has 0 saturated heterocycles. The Kier molecular flexibility index (Phi) is 19.5. The van der Waals surface area contributed by atoms with Crippen LogP contribution in [0.25, 0.3) is 0 Å². The summed E-state index contributed by atoms with van der Waals surface area (Å²) >= 11 is 0. The predicted octanol–water partition coefficient (Wildman–Crippen LogP) is 4.32. The third kappa shape index (κ3) is 20.8. The first-order chi connectivity index (χ1) is 16.5. The number of aliphatic hydroxyl groups is 1. The van der Waals surface area contributed by atoms with Crippen LogP contribution in [0.4, 0.5) is 0 Å². The van der Waals surface area contributed by atoms with Crippen LogP contribution >= 0.6 is 7.82 Å². The number of nitrogens with zero attached hydrogens (tertiary/aromatic N) is 1. The van der Waals surface area contributed by atoms with Crippen LogP contribution in [0, 0.1) is 0 Å². The summed E-state index contributed by atoms with van der Waals surface area (Å²) in [5.41, 5.74) is 0. The van der Waals surface area contributed by atoms with Gasteiger partial charge in [0.25, 0.3) is 0 Å². The molecule has 0 heterocycles. The van der Waals surface area contributed by atoms with Crippen molar-refractivity contribution in [2.24, 2.45) is 0 Å². The zero-order chi connectivity index (χ0) is 26.6. The van der Waals surface area contributed by atoms with E-state index in [2.05, 4.69) is 6.92 Å². The minimum atomic E-state index is -4.42. The molecule has 35 heavy (non-hydrogen) atoms. The molecule has 0 aromatic carbocycles. The summed E-state index contributed by atoms with van der Waals surface area (Å²) in [5, 5.41) is 9.25. The average molecular weight is 527 g/mol. The van der Waals surface area contributed by atoms with Crippen molar-refractivity contribution >= 4 is 19.8 Å². The summed E-state index contributed by atoms with van der Waals surface area (Å²) in [6, 6.07) is 0. The molecule has 11 heteroatoms. The second-order valence-electron chi connectivity index (χ2n) is 9.52. The number of carbonyl (C=O) groups is 2. The molecule has 0 bridgehead atoms. The van der Waals surface area contributed by atoms with Crippen LogP contribution in [0.2, 0.25) is 0 Å². The van der Waals surface area contributed by atoms with Crippen LogP contribution in [0.5, 0.6) is 0 Å². The number of esters is 2. The number of ether oxygens (including phenoxy) is 2. The molecule has 2 N–H and O–H groups in total. The fourth-order valence-electron chi connectivity index (χ4n) is 3.05. The number of phosphoric ester groups is 1. The zero-order valence-electron chi connectivity index (χ0n) is 22.2. The van der Waals surface area contributed by atoms with E-state index >= 15 is 0 Å². The van der Waals surface area contributed by atoms with Crippen molar-refractivity contribution in [3.05, 3.63) is 0 Å². The van der Waals surface area contributed by atoms with Gasteiger partial charge < -0.3 is 24.0 Å². The largest absolute Gasteiger partial charge is 0.472 e. The molecule has 0 fully saturated rings. The van der Waals surface area contributed by atoms with Gasteiger partial charge in [0, 0.05) is 12.8 Å². The zero-order valence-corrected chi connectivity index (χ0v) is 23.1. The van der Waals surface area contributed by atoms with E-state index in [0.29, 0.717) is 12.8 Å². The SMILES string of the molecule is CCCCCCCCCC(=O)O[C@H](COC(=O)CCCCC)COP(=O)(O)OCC[N+](C)(C)CO. The molecule has 0 aromatic heterocycles. The van der Waals surface area contributed by atoms with Gasteiger partial charge in [0.15, 0.2) is 12.8 Å². The maximum Gasteiger partial charge on any atom is 0.472 e. The second-order valence-corrected chi connectivity index (χ2v) is 11.0. The Morgan fingerprint density at radius 2 is 1.37 bits per heavy atom. The lowest BCUT2D eigenvalue weighted by Gasteiger charge is -2.27. The molecule has 1 unspecified atom stereocenters. The normalized spacial score (nSPS) is 14.3. The average Bonchev–Trinajstić information content (AvgIpc) is 2.80. The molecular formula is C24H49NO9P+. The molecular weight excluding hydrogens is 477 g/mol. The quantitative estimate of drug-likeness (QED) is 0.0657. The number of carbonyl (C=O) groups excluding carboxylic acids is 2. The van der Waals surface area contributed by atoms with Gasteiger partial charge in [-0.2, -0.15) is 0 Å². The van der Waals surface area contributed by atoms with Crippen molar-refractivity contribution in [2.45, 2.75) is 97.0 Å². The number of rotatable bonds is 23. The maximum absolute atomic E-state index is 12.3. The Morgan fingerprint density at radius 1 is 0.829 bits per heavy atom. The highest BCUT2D eigenvalue weighted by Gasteiger charge is 2.27. The minimum Gasteiger partial charge on any atom is -0.462 e. The molecule has 0 spiro atoms. The Hall–Kier alpha value is -1.03. The number of quaternary nitrogens is 1.